The van der Waals surface area contributed by atoms with Gasteiger partial charge in [-0.2, -0.15) is 0 Å². The summed E-state index contributed by atoms with van der Waals surface area (Å²) < 4.78 is 1.61. The van der Waals surface area contributed by atoms with E-state index in [-0.39, 0.29) is 5.91 Å². The van der Waals surface area contributed by atoms with Crippen molar-refractivity contribution in [3.8, 4) is 0 Å². The van der Waals surface area contributed by atoms with Crippen molar-refractivity contribution >= 4 is 17.7 Å². The Morgan fingerprint density at radius 2 is 1.89 bits per heavy atom. The second-order valence-corrected chi connectivity index (χ2v) is 7.70. The molecule has 2 heterocycles. The maximum Gasteiger partial charge on any atom is 0.220 e. The van der Waals surface area contributed by atoms with E-state index < -0.39 is 0 Å². The number of rotatable bonds is 9. The molecule has 0 radical (unpaired) electrons. The molecule has 27 heavy (non-hydrogen) atoms. The molecule has 8 nitrogen and oxygen atoms in total. The number of thioether (sulfide) groups is 1. The SMILES string of the molecule is Cn1nnnc1SCCC(=O)NCCN1CCN(Cc2ccccc2)CC1. The van der Waals surface area contributed by atoms with Crippen molar-refractivity contribution in [3.63, 3.8) is 0 Å². The predicted octanol–water partition coefficient (Wildman–Crippen LogP) is 0.626. The van der Waals surface area contributed by atoms with E-state index in [2.05, 4.69) is 61.0 Å². The first-order valence-electron chi connectivity index (χ1n) is 9.31. The number of nitrogens with zero attached hydrogens (tertiary/aromatic N) is 6. The Bertz CT molecular complexity index is 701. The Hall–Kier alpha value is -1.97. The van der Waals surface area contributed by atoms with Crippen LogP contribution in [0.5, 0.6) is 0 Å². The molecule has 0 bridgehead atoms. The quantitative estimate of drug-likeness (QED) is 0.630. The fraction of sp³-hybridized carbons (Fsp3) is 0.556. The van der Waals surface area contributed by atoms with Crippen LogP contribution in [0, 0.1) is 0 Å². The highest BCUT2D eigenvalue weighted by atomic mass is 32.2. The van der Waals surface area contributed by atoms with Crippen LogP contribution in [0.3, 0.4) is 0 Å². The number of hydrogen-bond donors (Lipinski definition) is 1. The topological polar surface area (TPSA) is 79.2 Å². The predicted molar refractivity (Wildman–Crippen MR) is 105 cm³/mol. The molecule has 1 aromatic carbocycles. The third-order valence-electron chi connectivity index (χ3n) is 4.61. The molecule has 0 spiro atoms. The zero-order chi connectivity index (χ0) is 18.9. The van der Waals surface area contributed by atoms with Gasteiger partial charge in [0.05, 0.1) is 0 Å². The lowest BCUT2D eigenvalue weighted by atomic mass is 10.2. The van der Waals surface area contributed by atoms with E-state index in [9.17, 15) is 4.79 Å². The van der Waals surface area contributed by atoms with Crippen LogP contribution >= 0.6 is 11.8 Å². The number of nitrogens with one attached hydrogen (secondary N) is 1. The lowest BCUT2D eigenvalue weighted by Gasteiger charge is -2.34. The van der Waals surface area contributed by atoms with E-state index in [1.807, 2.05) is 0 Å². The fourth-order valence-electron chi connectivity index (χ4n) is 3.03. The van der Waals surface area contributed by atoms with Crippen molar-refractivity contribution in [2.24, 2.45) is 7.05 Å². The average molecular weight is 390 g/mol. The maximum atomic E-state index is 11.9. The number of carbonyl (C=O) groups excluding carboxylic acids is 1. The molecule has 1 saturated heterocycles. The number of tetrazole rings is 1. The van der Waals surface area contributed by atoms with Crippen molar-refractivity contribution in [2.45, 2.75) is 18.1 Å². The summed E-state index contributed by atoms with van der Waals surface area (Å²) >= 11 is 1.49. The smallest absolute Gasteiger partial charge is 0.220 e. The molecule has 1 aliphatic rings. The van der Waals surface area contributed by atoms with Crippen LogP contribution in [0.4, 0.5) is 0 Å². The molecule has 1 aromatic heterocycles. The number of aryl methyl sites for hydroxylation is 1. The van der Waals surface area contributed by atoms with Gasteiger partial charge in [0.15, 0.2) is 0 Å². The van der Waals surface area contributed by atoms with Crippen LogP contribution in [0.15, 0.2) is 35.5 Å². The summed E-state index contributed by atoms with van der Waals surface area (Å²) in [5.41, 5.74) is 1.37. The molecule has 1 N–H and O–H groups in total. The highest BCUT2D eigenvalue weighted by molar-refractivity contribution is 7.99. The first-order valence-corrected chi connectivity index (χ1v) is 10.3. The van der Waals surface area contributed by atoms with Crippen LogP contribution in [-0.4, -0.2) is 80.9 Å². The Balaban J connectivity index is 1.24. The number of piperazine rings is 1. The Morgan fingerprint density at radius 3 is 2.59 bits per heavy atom. The van der Waals surface area contributed by atoms with Crippen LogP contribution in [0.25, 0.3) is 0 Å². The minimum absolute atomic E-state index is 0.0836. The highest BCUT2D eigenvalue weighted by Crippen LogP contribution is 2.13. The number of aromatic nitrogens is 4. The van der Waals surface area contributed by atoms with Gasteiger partial charge in [-0.15, -0.1) is 5.10 Å². The minimum atomic E-state index is 0.0836. The van der Waals surface area contributed by atoms with Crippen LogP contribution < -0.4 is 5.32 Å². The Kier molecular flexibility index (Phi) is 7.61. The van der Waals surface area contributed by atoms with Gasteiger partial charge in [0.1, 0.15) is 0 Å². The van der Waals surface area contributed by atoms with Crippen molar-refractivity contribution in [3.05, 3.63) is 35.9 Å². The van der Waals surface area contributed by atoms with Crippen molar-refractivity contribution < 1.29 is 4.79 Å². The van der Waals surface area contributed by atoms with Gasteiger partial charge in [-0.05, 0) is 16.0 Å². The molecule has 1 aliphatic heterocycles. The Morgan fingerprint density at radius 1 is 1.15 bits per heavy atom. The fourth-order valence-corrected chi connectivity index (χ4v) is 3.82. The third kappa shape index (κ3) is 6.60. The molecular weight excluding hydrogens is 362 g/mol. The molecule has 0 saturated carbocycles. The molecule has 1 amide bonds. The number of carbonyl (C=O) groups is 1. The molecule has 9 heteroatoms. The zero-order valence-corrected chi connectivity index (χ0v) is 16.6. The van der Waals surface area contributed by atoms with E-state index in [0.29, 0.717) is 18.7 Å². The Labute approximate surface area is 164 Å². The molecule has 1 fully saturated rings. The summed E-state index contributed by atoms with van der Waals surface area (Å²) in [5.74, 6) is 0.762. The van der Waals surface area contributed by atoms with Crippen molar-refractivity contribution in [1.82, 2.24) is 35.3 Å². The first kappa shape index (κ1) is 19.8. The monoisotopic (exact) mass is 389 g/mol. The van der Waals surface area contributed by atoms with Crippen LogP contribution in [-0.2, 0) is 18.4 Å². The highest BCUT2D eigenvalue weighted by Gasteiger charge is 2.16. The molecule has 146 valence electrons. The lowest BCUT2D eigenvalue weighted by molar-refractivity contribution is -0.120. The lowest BCUT2D eigenvalue weighted by Crippen LogP contribution is -2.48. The third-order valence-corrected chi connectivity index (χ3v) is 5.62. The zero-order valence-electron chi connectivity index (χ0n) is 15.8. The van der Waals surface area contributed by atoms with Gasteiger partial charge in [0, 0.05) is 65.0 Å². The minimum Gasteiger partial charge on any atom is -0.355 e. The average Bonchev–Trinajstić information content (AvgIpc) is 3.09. The van der Waals surface area contributed by atoms with E-state index >= 15 is 0 Å². The van der Waals surface area contributed by atoms with Crippen LogP contribution in [0.1, 0.15) is 12.0 Å². The van der Waals surface area contributed by atoms with Gasteiger partial charge in [-0.3, -0.25) is 14.6 Å². The largest absolute Gasteiger partial charge is 0.355 e. The van der Waals surface area contributed by atoms with Crippen LogP contribution in [0.2, 0.25) is 0 Å². The number of amides is 1. The van der Waals surface area contributed by atoms with Crippen molar-refractivity contribution in [2.75, 3.05) is 45.0 Å². The molecule has 0 aliphatic carbocycles. The second kappa shape index (κ2) is 10.4. The molecule has 0 atom stereocenters. The standard InChI is InChI=1S/C18H27N7OS/c1-23-18(20-21-22-23)27-14-7-17(26)19-8-9-24-10-12-25(13-11-24)15-16-5-3-2-4-6-16/h2-6H,7-15H2,1H3,(H,19,26). The van der Waals surface area contributed by atoms with Gasteiger partial charge < -0.3 is 5.32 Å². The normalized spacial score (nSPS) is 15.7. The number of hydrogen-bond acceptors (Lipinski definition) is 7. The summed E-state index contributed by atoms with van der Waals surface area (Å²) in [4.78, 5) is 16.9. The van der Waals surface area contributed by atoms with Crippen molar-refractivity contribution in [1.29, 1.82) is 0 Å². The van der Waals surface area contributed by atoms with E-state index in [1.54, 1.807) is 11.7 Å². The first-order chi connectivity index (χ1) is 13.2. The molecular formula is C18H27N7OS. The molecule has 0 unspecified atom stereocenters. The summed E-state index contributed by atoms with van der Waals surface area (Å²) in [6.45, 7) is 6.88. The summed E-state index contributed by atoms with van der Waals surface area (Å²) in [7, 11) is 1.79. The van der Waals surface area contributed by atoms with Gasteiger partial charge in [0.2, 0.25) is 11.1 Å². The van der Waals surface area contributed by atoms with E-state index in [1.165, 1.54) is 17.3 Å². The number of benzene rings is 1. The van der Waals surface area contributed by atoms with Gasteiger partial charge in [-0.25, -0.2) is 4.68 Å². The molecule has 3 rings (SSSR count). The van der Waals surface area contributed by atoms with Gasteiger partial charge in [-0.1, -0.05) is 42.1 Å². The molecule has 2 aromatic rings. The summed E-state index contributed by atoms with van der Waals surface area (Å²) in [5, 5.41) is 15.0. The van der Waals surface area contributed by atoms with E-state index in [0.717, 1.165) is 44.4 Å². The summed E-state index contributed by atoms with van der Waals surface area (Å²) in [6, 6.07) is 10.6. The second-order valence-electron chi connectivity index (χ2n) is 6.64. The van der Waals surface area contributed by atoms with Gasteiger partial charge >= 0.3 is 0 Å². The summed E-state index contributed by atoms with van der Waals surface area (Å²) in [6.07, 6.45) is 0.475. The van der Waals surface area contributed by atoms with E-state index in [4.69, 9.17) is 0 Å². The van der Waals surface area contributed by atoms with Gasteiger partial charge in [0.25, 0.3) is 0 Å². The maximum absolute atomic E-state index is 11.9.